The van der Waals surface area contributed by atoms with E-state index in [2.05, 4.69) is 29.4 Å². The molecule has 2 rings (SSSR count). The van der Waals surface area contributed by atoms with Gasteiger partial charge in [-0.3, -0.25) is 10.1 Å². The number of nitrogens with zero attached hydrogens (tertiary/aromatic N) is 2. The van der Waals surface area contributed by atoms with Crippen LogP contribution < -0.4 is 5.32 Å². The van der Waals surface area contributed by atoms with Gasteiger partial charge in [-0.1, -0.05) is 37.3 Å². The average Bonchev–Trinajstić information content (AvgIpc) is 2.86. The Hall–Kier alpha value is -1.79. The molecule has 1 heterocycles. The molecular formula is C14H17N3O2S. The number of hydrogen-bond donors (Lipinski definition) is 1. The number of carbonyl (C=O) groups is 1. The maximum atomic E-state index is 12.1. The van der Waals surface area contributed by atoms with Gasteiger partial charge in [0.1, 0.15) is 11.6 Å². The molecule has 1 amide bonds. The maximum absolute atomic E-state index is 12.1. The van der Waals surface area contributed by atoms with E-state index in [4.69, 9.17) is 4.74 Å². The van der Waals surface area contributed by atoms with Crippen molar-refractivity contribution < 1.29 is 9.53 Å². The summed E-state index contributed by atoms with van der Waals surface area (Å²) in [5.41, 5.74) is 1.82. The second-order valence-corrected chi connectivity index (χ2v) is 5.73. The molecule has 0 fully saturated rings. The third-order valence-corrected chi connectivity index (χ3v) is 3.61. The number of methoxy groups -OCH3 is 1. The Balaban J connectivity index is 2.03. The molecule has 5 nitrogen and oxygen atoms in total. The van der Waals surface area contributed by atoms with Gasteiger partial charge in [0.05, 0.1) is 0 Å². The van der Waals surface area contributed by atoms with Crippen molar-refractivity contribution in [3.05, 3.63) is 40.4 Å². The van der Waals surface area contributed by atoms with Crippen LogP contribution in [0.1, 0.15) is 40.7 Å². The number of ether oxygens (including phenoxy) is 1. The molecule has 1 N–H and O–H groups in total. The largest absolute Gasteiger partial charge is 0.377 e. The SMILES string of the molecule is COCc1nnc(NC(=O)c2ccc(C(C)C)cc2)s1. The van der Waals surface area contributed by atoms with E-state index < -0.39 is 0 Å². The minimum absolute atomic E-state index is 0.180. The lowest BCUT2D eigenvalue weighted by atomic mass is 10.0. The molecule has 0 radical (unpaired) electrons. The fourth-order valence-electron chi connectivity index (χ4n) is 1.67. The highest BCUT2D eigenvalue weighted by Gasteiger charge is 2.10. The minimum atomic E-state index is -0.180. The maximum Gasteiger partial charge on any atom is 0.257 e. The molecular weight excluding hydrogens is 274 g/mol. The van der Waals surface area contributed by atoms with Crippen LogP contribution in [-0.4, -0.2) is 23.2 Å². The Kier molecular flexibility index (Phi) is 4.81. The molecule has 6 heteroatoms. The quantitative estimate of drug-likeness (QED) is 0.919. The van der Waals surface area contributed by atoms with Gasteiger partial charge in [0.15, 0.2) is 0 Å². The Morgan fingerprint density at radius 3 is 2.60 bits per heavy atom. The Morgan fingerprint density at radius 1 is 1.30 bits per heavy atom. The molecule has 0 aliphatic rings. The van der Waals surface area contributed by atoms with E-state index in [0.29, 0.717) is 23.2 Å². The van der Waals surface area contributed by atoms with Gasteiger partial charge in [-0.15, -0.1) is 10.2 Å². The average molecular weight is 291 g/mol. The molecule has 0 spiro atoms. The standard InChI is InChI=1S/C14H17N3O2S/c1-9(2)10-4-6-11(7-5-10)13(18)15-14-17-16-12(20-14)8-19-3/h4-7,9H,8H2,1-3H3,(H,15,17,18). The zero-order valence-electron chi connectivity index (χ0n) is 11.7. The van der Waals surface area contributed by atoms with E-state index in [1.54, 1.807) is 7.11 Å². The van der Waals surface area contributed by atoms with Crippen molar-refractivity contribution in [1.82, 2.24) is 10.2 Å². The van der Waals surface area contributed by atoms with Crippen molar-refractivity contribution in [3.63, 3.8) is 0 Å². The zero-order valence-corrected chi connectivity index (χ0v) is 12.5. The fraction of sp³-hybridized carbons (Fsp3) is 0.357. The van der Waals surface area contributed by atoms with Crippen LogP contribution in [0.5, 0.6) is 0 Å². The zero-order chi connectivity index (χ0) is 14.5. The number of aromatic nitrogens is 2. The summed E-state index contributed by atoms with van der Waals surface area (Å²) in [7, 11) is 1.59. The van der Waals surface area contributed by atoms with E-state index in [-0.39, 0.29) is 5.91 Å². The smallest absolute Gasteiger partial charge is 0.257 e. The number of hydrogen-bond acceptors (Lipinski definition) is 5. The summed E-state index contributed by atoms with van der Waals surface area (Å²) in [6.07, 6.45) is 0. The van der Waals surface area contributed by atoms with Gasteiger partial charge in [0.2, 0.25) is 5.13 Å². The van der Waals surface area contributed by atoms with Crippen LogP contribution >= 0.6 is 11.3 Å². The lowest BCUT2D eigenvalue weighted by molar-refractivity contribution is 0.102. The number of rotatable bonds is 5. The van der Waals surface area contributed by atoms with Crippen molar-refractivity contribution in [1.29, 1.82) is 0 Å². The normalized spacial score (nSPS) is 10.8. The number of nitrogens with one attached hydrogen (secondary N) is 1. The van der Waals surface area contributed by atoms with Crippen molar-refractivity contribution >= 4 is 22.4 Å². The molecule has 0 atom stereocenters. The van der Waals surface area contributed by atoms with E-state index in [1.165, 1.54) is 16.9 Å². The van der Waals surface area contributed by atoms with Crippen molar-refractivity contribution in [3.8, 4) is 0 Å². The molecule has 0 aliphatic heterocycles. The summed E-state index contributed by atoms with van der Waals surface area (Å²) in [5, 5.41) is 11.8. The molecule has 20 heavy (non-hydrogen) atoms. The summed E-state index contributed by atoms with van der Waals surface area (Å²) in [6, 6.07) is 7.58. The van der Waals surface area contributed by atoms with Gasteiger partial charge in [-0.05, 0) is 23.6 Å². The molecule has 106 valence electrons. The predicted molar refractivity (Wildman–Crippen MR) is 79.1 cm³/mol. The van der Waals surface area contributed by atoms with Crippen LogP contribution in [0.15, 0.2) is 24.3 Å². The number of amides is 1. The molecule has 1 aromatic carbocycles. The predicted octanol–water partition coefficient (Wildman–Crippen LogP) is 3.06. The van der Waals surface area contributed by atoms with Crippen LogP contribution in [0.4, 0.5) is 5.13 Å². The molecule has 2 aromatic rings. The highest BCUT2D eigenvalue weighted by atomic mass is 32.1. The number of anilines is 1. The first-order valence-electron chi connectivity index (χ1n) is 6.32. The van der Waals surface area contributed by atoms with Gasteiger partial charge < -0.3 is 4.74 Å². The lowest BCUT2D eigenvalue weighted by Crippen LogP contribution is -2.11. The second-order valence-electron chi connectivity index (χ2n) is 4.66. The first-order valence-corrected chi connectivity index (χ1v) is 7.14. The summed E-state index contributed by atoms with van der Waals surface area (Å²) in [4.78, 5) is 12.1. The Labute approximate surface area is 122 Å². The molecule has 0 aliphatic carbocycles. The molecule has 1 aromatic heterocycles. The van der Waals surface area contributed by atoms with Crippen LogP contribution in [0, 0.1) is 0 Å². The van der Waals surface area contributed by atoms with E-state index in [1.807, 2.05) is 24.3 Å². The molecule has 0 saturated heterocycles. The highest BCUT2D eigenvalue weighted by molar-refractivity contribution is 7.15. The first-order chi connectivity index (χ1) is 9.60. The molecule has 0 unspecified atom stereocenters. The lowest BCUT2D eigenvalue weighted by Gasteiger charge is -2.06. The van der Waals surface area contributed by atoms with Gasteiger partial charge in [-0.25, -0.2) is 0 Å². The van der Waals surface area contributed by atoms with E-state index >= 15 is 0 Å². The van der Waals surface area contributed by atoms with Crippen LogP contribution in [0.2, 0.25) is 0 Å². The van der Waals surface area contributed by atoms with Gasteiger partial charge in [0, 0.05) is 12.7 Å². The topological polar surface area (TPSA) is 64.1 Å². The van der Waals surface area contributed by atoms with Gasteiger partial charge in [-0.2, -0.15) is 0 Å². The van der Waals surface area contributed by atoms with Crippen molar-refractivity contribution in [2.24, 2.45) is 0 Å². The third kappa shape index (κ3) is 3.61. The molecule has 0 saturated carbocycles. The van der Waals surface area contributed by atoms with Crippen LogP contribution in [0.3, 0.4) is 0 Å². The first kappa shape index (κ1) is 14.6. The Morgan fingerprint density at radius 2 is 2.00 bits per heavy atom. The van der Waals surface area contributed by atoms with Gasteiger partial charge >= 0.3 is 0 Å². The molecule has 0 bridgehead atoms. The van der Waals surface area contributed by atoms with Crippen LogP contribution in [0.25, 0.3) is 0 Å². The van der Waals surface area contributed by atoms with Crippen molar-refractivity contribution in [2.45, 2.75) is 26.4 Å². The van der Waals surface area contributed by atoms with Gasteiger partial charge in [0.25, 0.3) is 5.91 Å². The Bertz CT molecular complexity index is 578. The monoisotopic (exact) mass is 291 g/mol. The van der Waals surface area contributed by atoms with Crippen LogP contribution in [-0.2, 0) is 11.3 Å². The summed E-state index contributed by atoms with van der Waals surface area (Å²) >= 11 is 1.31. The summed E-state index contributed by atoms with van der Waals surface area (Å²) in [6.45, 7) is 4.64. The van der Waals surface area contributed by atoms with Crippen molar-refractivity contribution in [2.75, 3.05) is 12.4 Å². The summed E-state index contributed by atoms with van der Waals surface area (Å²) < 4.78 is 4.96. The minimum Gasteiger partial charge on any atom is -0.377 e. The fourth-order valence-corrected chi connectivity index (χ4v) is 2.38. The summed E-state index contributed by atoms with van der Waals surface area (Å²) in [5.74, 6) is 0.271. The highest BCUT2D eigenvalue weighted by Crippen LogP contribution is 2.18. The third-order valence-electron chi connectivity index (χ3n) is 2.79. The van der Waals surface area contributed by atoms with E-state index in [9.17, 15) is 4.79 Å². The number of carbonyl (C=O) groups excluding carboxylic acids is 1. The van der Waals surface area contributed by atoms with E-state index in [0.717, 1.165) is 5.01 Å². The second kappa shape index (κ2) is 6.58. The number of benzene rings is 1.